The van der Waals surface area contributed by atoms with Crippen LogP contribution in [0.15, 0.2) is 34.8 Å². The number of fused-ring (bicyclic) bond motifs is 1. The van der Waals surface area contributed by atoms with Crippen molar-refractivity contribution in [2.45, 2.75) is 6.92 Å². The molecule has 1 aliphatic rings. The van der Waals surface area contributed by atoms with Crippen LogP contribution in [0.25, 0.3) is 11.6 Å². The Kier molecular flexibility index (Phi) is 3.22. The predicted molar refractivity (Wildman–Crippen MR) is 85.2 cm³/mol. The van der Waals surface area contributed by atoms with Crippen LogP contribution < -0.4 is 5.32 Å². The molecule has 1 heterocycles. The lowest BCUT2D eigenvalue weighted by atomic mass is 9.99. The van der Waals surface area contributed by atoms with E-state index in [4.69, 9.17) is 0 Å². The number of anilines is 1. The third-order valence-corrected chi connectivity index (χ3v) is 4.33. The standard InChI is InChI=1S/C16H12BrNO3/c1-8-12(17)4-5-13-15(8)11(16(21)18-13)6-9-2-3-10(19)7-14(9)20/h2-7,19-20H,1H3,(H,18,21). The highest BCUT2D eigenvalue weighted by Gasteiger charge is 2.26. The molecule has 0 saturated heterocycles. The summed E-state index contributed by atoms with van der Waals surface area (Å²) >= 11 is 3.46. The Balaban J connectivity index is 2.18. The van der Waals surface area contributed by atoms with Crippen molar-refractivity contribution >= 4 is 39.2 Å². The molecule has 1 amide bonds. The van der Waals surface area contributed by atoms with Gasteiger partial charge in [0.25, 0.3) is 5.91 Å². The van der Waals surface area contributed by atoms with Crippen molar-refractivity contribution in [3.05, 3.63) is 51.5 Å². The fourth-order valence-corrected chi connectivity index (χ4v) is 2.72. The third-order valence-electron chi connectivity index (χ3n) is 3.47. The molecule has 2 aromatic carbocycles. The Morgan fingerprint density at radius 3 is 2.67 bits per heavy atom. The van der Waals surface area contributed by atoms with Gasteiger partial charge in [-0.05, 0) is 42.8 Å². The first-order valence-corrected chi connectivity index (χ1v) is 7.11. The molecule has 21 heavy (non-hydrogen) atoms. The number of carbonyl (C=O) groups is 1. The molecule has 0 atom stereocenters. The van der Waals surface area contributed by atoms with Gasteiger partial charge in [-0.25, -0.2) is 0 Å². The number of phenolic OH excluding ortho intramolecular Hbond substituents is 2. The molecule has 0 saturated carbocycles. The predicted octanol–water partition coefficient (Wildman–Crippen LogP) is 3.66. The van der Waals surface area contributed by atoms with Crippen LogP contribution in [-0.2, 0) is 4.79 Å². The Hall–Kier alpha value is -2.27. The van der Waals surface area contributed by atoms with Gasteiger partial charge in [0.05, 0.1) is 5.57 Å². The van der Waals surface area contributed by atoms with Gasteiger partial charge in [0, 0.05) is 27.4 Å². The number of nitrogens with one attached hydrogen (secondary N) is 1. The highest BCUT2D eigenvalue weighted by molar-refractivity contribution is 9.10. The van der Waals surface area contributed by atoms with Gasteiger partial charge in [0.2, 0.25) is 0 Å². The van der Waals surface area contributed by atoms with E-state index in [9.17, 15) is 15.0 Å². The van der Waals surface area contributed by atoms with E-state index >= 15 is 0 Å². The van der Waals surface area contributed by atoms with E-state index in [0.717, 1.165) is 21.3 Å². The van der Waals surface area contributed by atoms with Crippen LogP contribution in [0, 0.1) is 6.92 Å². The monoisotopic (exact) mass is 345 g/mol. The van der Waals surface area contributed by atoms with Gasteiger partial charge in [-0.2, -0.15) is 0 Å². The number of benzene rings is 2. The maximum absolute atomic E-state index is 12.2. The molecule has 106 valence electrons. The van der Waals surface area contributed by atoms with Gasteiger partial charge >= 0.3 is 0 Å². The number of halogens is 1. The molecule has 4 nitrogen and oxygen atoms in total. The maximum Gasteiger partial charge on any atom is 0.256 e. The van der Waals surface area contributed by atoms with E-state index in [0.29, 0.717) is 11.1 Å². The smallest absolute Gasteiger partial charge is 0.256 e. The highest BCUT2D eigenvalue weighted by atomic mass is 79.9. The summed E-state index contributed by atoms with van der Waals surface area (Å²) in [5.74, 6) is -0.306. The van der Waals surface area contributed by atoms with Crippen LogP contribution in [0.3, 0.4) is 0 Å². The third kappa shape index (κ3) is 2.29. The van der Waals surface area contributed by atoms with Crippen molar-refractivity contribution in [3.8, 4) is 11.5 Å². The second kappa shape index (κ2) is 4.93. The molecular weight excluding hydrogens is 334 g/mol. The van der Waals surface area contributed by atoms with Gasteiger partial charge in [-0.15, -0.1) is 0 Å². The fourth-order valence-electron chi connectivity index (χ4n) is 2.39. The molecule has 1 aliphatic heterocycles. The van der Waals surface area contributed by atoms with Crippen molar-refractivity contribution in [2.24, 2.45) is 0 Å². The minimum Gasteiger partial charge on any atom is -0.508 e. The number of hydrogen-bond donors (Lipinski definition) is 3. The number of amides is 1. The first-order valence-electron chi connectivity index (χ1n) is 6.32. The van der Waals surface area contributed by atoms with Gasteiger partial charge in [-0.1, -0.05) is 15.9 Å². The topological polar surface area (TPSA) is 69.6 Å². The van der Waals surface area contributed by atoms with Crippen molar-refractivity contribution < 1.29 is 15.0 Å². The van der Waals surface area contributed by atoms with Crippen LogP contribution in [0.5, 0.6) is 11.5 Å². The number of hydrogen-bond acceptors (Lipinski definition) is 3. The van der Waals surface area contributed by atoms with Gasteiger partial charge in [-0.3, -0.25) is 4.79 Å². The molecule has 3 N–H and O–H groups in total. The lowest BCUT2D eigenvalue weighted by Gasteiger charge is -2.06. The van der Waals surface area contributed by atoms with Crippen LogP contribution in [0.4, 0.5) is 5.69 Å². The number of rotatable bonds is 1. The molecule has 0 spiro atoms. The van der Waals surface area contributed by atoms with Crippen LogP contribution in [0.1, 0.15) is 16.7 Å². The summed E-state index contributed by atoms with van der Waals surface area (Å²) in [5.41, 5.74) is 3.50. The molecule has 0 fully saturated rings. The largest absolute Gasteiger partial charge is 0.508 e. The lowest BCUT2D eigenvalue weighted by Crippen LogP contribution is -2.03. The molecule has 2 aromatic rings. The zero-order valence-corrected chi connectivity index (χ0v) is 12.7. The Morgan fingerprint density at radius 2 is 1.95 bits per heavy atom. The lowest BCUT2D eigenvalue weighted by molar-refractivity contribution is -0.110. The van der Waals surface area contributed by atoms with Crippen molar-refractivity contribution in [2.75, 3.05) is 5.32 Å². The summed E-state index contributed by atoms with van der Waals surface area (Å²) in [6.45, 7) is 1.92. The van der Waals surface area contributed by atoms with E-state index in [2.05, 4.69) is 21.2 Å². The van der Waals surface area contributed by atoms with Crippen molar-refractivity contribution in [1.82, 2.24) is 0 Å². The molecule has 5 heteroatoms. The zero-order chi connectivity index (χ0) is 15.1. The summed E-state index contributed by atoms with van der Waals surface area (Å²) in [6.07, 6.45) is 1.62. The Labute approximate surface area is 129 Å². The van der Waals surface area contributed by atoms with E-state index in [1.165, 1.54) is 12.1 Å². The summed E-state index contributed by atoms with van der Waals surface area (Å²) in [5, 5.41) is 22.0. The summed E-state index contributed by atoms with van der Waals surface area (Å²) in [6, 6.07) is 8.00. The van der Waals surface area contributed by atoms with E-state index < -0.39 is 0 Å². The normalized spacial score (nSPS) is 15.1. The minimum absolute atomic E-state index is 0.0233. The van der Waals surface area contributed by atoms with Gasteiger partial charge in [0.1, 0.15) is 11.5 Å². The first kappa shape index (κ1) is 13.7. The van der Waals surface area contributed by atoms with Crippen LogP contribution in [-0.4, -0.2) is 16.1 Å². The van der Waals surface area contributed by atoms with Crippen molar-refractivity contribution in [3.63, 3.8) is 0 Å². The maximum atomic E-state index is 12.2. The van der Waals surface area contributed by atoms with Crippen molar-refractivity contribution in [1.29, 1.82) is 0 Å². The highest BCUT2D eigenvalue weighted by Crippen LogP contribution is 2.39. The molecule has 0 aliphatic carbocycles. The molecule has 3 rings (SSSR count). The number of phenols is 2. The summed E-state index contributed by atoms with van der Waals surface area (Å²) in [4.78, 5) is 12.2. The van der Waals surface area contributed by atoms with Crippen LogP contribution in [0.2, 0.25) is 0 Å². The second-order valence-corrected chi connectivity index (χ2v) is 5.70. The minimum atomic E-state index is -0.210. The Morgan fingerprint density at radius 1 is 1.19 bits per heavy atom. The quantitative estimate of drug-likeness (QED) is 0.690. The van der Waals surface area contributed by atoms with Gasteiger partial charge < -0.3 is 15.5 Å². The van der Waals surface area contributed by atoms with Crippen LogP contribution >= 0.6 is 15.9 Å². The number of aromatic hydroxyl groups is 2. The molecular formula is C16H12BrNO3. The molecule has 0 bridgehead atoms. The number of carbonyl (C=O) groups excluding carboxylic acids is 1. The average molecular weight is 346 g/mol. The molecule has 0 aromatic heterocycles. The van der Waals surface area contributed by atoms with Gasteiger partial charge in [0.15, 0.2) is 0 Å². The van der Waals surface area contributed by atoms with E-state index in [-0.39, 0.29) is 17.4 Å². The summed E-state index contributed by atoms with van der Waals surface area (Å²) in [7, 11) is 0. The zero-order valence-electron chi connectivity index (χ0n) is 11.1. The summed E-state index contributed by atoms with van der Waals surface area (Å²) < 4.78 is 0.915. The van der Waals surface area contributed by atoms with E-state index in [1.54, 1.807) is 12.1 Å². The fraction of sp³-hybridized carbons (Fsp3) is 0.0625. The molecule has 0 radical (unpaired) electrons. The SMILES string of the molecule is Cc1c(Br)ccc2c1C(=Cc1ccc(O)cc1O)C(=O)N2. The van der Waals surface area contributed by atoms with E-state index in [1.807, 2.05) is 19.1 Å². The molecule has 0 unspecified atom stereocenters. The first-order chi connectivity index (χ1) is 9.97. The second-order valence-electron chi connectivity index (χ2n) is 4.85. The average Bonchev–Trinajstić information content (AvgIpc) is 2.74. The Bertz CT molecular complexity index is 796.